The van der Waals surface area contributed by atoms with Crippen LogP contribution in [0.1, 0.15) is 64.1 Å². The lowest BCUT2D eigenvalue weighted by molar-refractivity contribution is 0.103. The average Bonchev–Trinajstić information content (AvgIpc) is 3.14. The zero-order valence-corrected chi connectivity index (χ0v) is 16.7. The summed E-state index contributed by atoms with van der Waals surface area (Å²) in [6.07, 6.45) is 8.54. The maximum absolute atomic E-state index is 6.24. The normalized spacial score (nSPS) is 32.1. The topological polar surface area (TPSA) is 24.8 Å². The van der Waals surface area contributed by atoms with Crippen LogP contribution in [-0.2, 0) is 4.74 Å². The number of hydrogen-bond acceptors (Lipinski definition) is 3. The van der Waals surface area contributed by atoms with E-state index in [4.69, 9.17) is 9.73 Å². The minimum absolute atomic E-state index is 0.134. The highest BCUT2D eigenvalue weighted by Crippen LogP contribution is 2.48. The summed E-state index contributed by atoms with van der Waals surface area (Å²) in [4.78, 5) is 7.76. The molecule has 0 spiro atoms. The Morgan fingerprint density at radius 1 is 1.12 bits per heavy atom. The van der Waals surface area contributed by atoms with E-state index in [1.165, 1.54) is 43.5 Å². The van der Waals surface area contributed by atoms with E-state index in [1.54, 1.807) is 0 Å². The van der Waals surface area contributed by atoms with Crippen molar-refractivity contribution in [3.8, 4) is 0 Å². The van der Waals surface area contributed by atoms with E-state index < -0.39 is 0 Å². The molecule has 0 saturated carbocycles. The average molecular weight is 353 g/mol. The highest BCUT2D eigenvalue weighted by atomic mass is 16.5. The molecule has 1 aliphatic carbocycles. The minimum Gasteiger partial charge on any atom is -0.478 e. The Morgan fingerprint density at radius 3 is 2.54 bits per heavy atom. The number of ether oxygens (including phenoxy) is 1. The number of benzene rings is 1. The molecule has 2 heterocycles. The van der Waals surface area contributed by atoms with Crippen molar-refractivity contribution in [3.05, 3.63) is 41.5 Å². The van der Waals surface area contributed by atoms with E-state index in [0.29, 0.717) is 12.6 Å². The standard InChI is InChI=1S/C23H32N2O/c1-22(2,3)19-16-26-21(24-19)23(4)13-12-17-10-6-7-11-18(17)20(23)25-14-8-5-9-15-25/h6-7,10-13,19-20H,5,8-9,14-16H2,1-4H3/t19-,20+,23-/m1/s1. The molecule has 0 aromatic heterocycles. The summed E-state index contributed by atoms with van der Waals surface area (Å²) < 4.78 is 6.24. The Hall–Kier alpha value is -1.61. The Balaban J connectivity index is 1.76. The van der Waals surface area contributed by atoms with Crippen molar-refractivity contribution in [2.45, 2.75) is 59.0 Å². The summed E-state index contributed by atoms with van der Waals surface area (Å²) in [6, 6.07) is 9.39. The first-order chi connectivity index (χ1) is 12.4. The molecule has 26 heavy (non-hydrogen) atoms. The van der Waals surface area contributed by atoms with E-state index in [9.17, 15) is 0 Å². The number of nitrogens with zero attached hydrogens (tertiary/aromatic N) is 2. The second-order valence-electron chi connectivity index (χ2n) is 9.37. The van der Waals surface area contributed by atoms with Crippen LogP contribution in [0.2, 0.25) is 0 Å². The van der Waals surface area contributed by atoms with E-state index in [-0.39, 0.29) is 16.9 Å². The molecule has 1 saturated heterocycles. The van der Waals surface area contributed by atoms with Crippen LogP contribution in [-0.4, -0.2) is 36.5 Å². The van der Waals surface area contributed by atoms with Crippen molar-refractivity contribution in [2.24, 2.45) is 15.8 Å². The fourth-order valence-electron chi connectivity index (χ4n) is 4.64. The van der Waals surface area contributed by atoms with Crippen LogP contribution < -0.4 is 0 Å². The predicted molar refractivity (Wildman–Crippen MR) is 108 cm³/mol. The smallest absolute Gasteiger partial charge is 0.195 e. The Morgan fingerprint density at radius 2 is 1.85 bits per heavy atom. The van der Waals surface area contributed by atoms with E-state index in [2.05, 4.69) is 69.0 Å². The van der Waals surface area contributed by atoms with Gasteiger partial charge in [0.2, 0.25) is 0 Å². The van der Waals surface area contributed by atoms with Gasteiger partial charge in [-0.2, -0.15) is 0 Å². The molecule has 4 rings (SSSR count). The van der Waals surface area contributed by atoms with Gasteiger partial charge in [-0.15, -0.1) is 0 Å². The lowest BCUT2D eigenvalue weighted by atomic mass is 9.71. The van der Waals surface area contributed by atoms with Crippen LogP contribution in [0.25, 0.3) is 6.08 Å². The van der Waals surface area contributed by atoms with Crippen LogP contribution in [0.4, 0.5) is 0 Å². The van der Waals surface area contributed by atoms with E-state index in [0.717, 1.165) is 5.90 Å². The van der Waals surface area contributed by atoms with Crippen LogP contribution in [0.15, 0.2) is 35.3 Å². The first-order valence-corrected chi connectivity index (χ1v) is 10.1. The molecule has 0 amide bonds. The van der Waals surface area contributed by atoms with Crippen molar-refractivity contribution >= 4 is 12.0 Å². The number of rotatable bonds is 2. The van der Waals surface area contributed by atoms with Gasteiger partial charge in [-0.3, -0.25) is 4.90 Å². The molecular formula is C23H32N2O. The summed E-state index contributed by atoms with van der Waals surface area (Å²) in [6.45, 7) is 12.1. The first kappa shape index (κ1) is 17.8. The summed E-state index contributed by atoms with van der Waals surface area (Å²) in [5, 5.41) is 0. The molecule has 0 bridgehead atoms. The molecule has 140 valence electrons. The number of likely N-dealkylation sites (tertiary alicyclic amines) is 1. The zero-order valence-electron chi connectivity index (χ0n) is 16.7. The summed E-state index contributed by atoms with van der Waals surface area (Å²) in [5.74, 6) is 0.929. The Kier molecular flexibility index (Phi) is 4.46. The summed E-state index contributed by atoms with van der Waals surface area (Å²) >= 11 is 0. The lowest BCUT2D eigenvalue weighted by Crippen LogP contribution is -2.46. The van der Waals surface area contributed by atoms with Crippen molar-refractivity contribution in [3.63, 3.8) is 0 Å². The summed E-state index contributed by atoms with van der Waals surface area (Å²) in [5.41, 5.74) is 2.69. The van der Waals surface area contributed by atoms with Gasteiger partial charge in [-0.1, -0.05) is 63.6 Å². The molecule has 1 aromatic carbocycles. The van der Waals surface area contributed by atoms with Gasteiger partial charge in [0, 0.05) is 0 Å². The van der Waals surface area contributed by atoms with Gasteiger partial charge in [0.05, 0.1) is 17.5 Å². The SMILES string of the molecule is CC(C)(C)[C@H]1COC([C@]2(C)C=Cc3ccccc3[C@@H]2N2CCCCC2)=N1. The minimum atomic E-state index is -0.203. The number of hydrogen-bond donors (Lipinski definition) is 0. The van der Waals surface area contributed by atoms with Crippen molar-refractivity contribution in [1.29, 1.82) is 0 Å². The maximum Gasteiger partial charge on any atom is 0.195 e. The fraction of sp³-hybridized carbons (Fsp3) is 0.609. The molecule has 0 radical (unpaired) electrons. The maximum atomic E-state index is 6.24. The molecule has 0 N–H and O–H groups in total. The second-order valence-corrected chi connectivity index (χ2v) is 9.37. The zero-order chi connectivity index (χ0) is 18.4. The first-order valence-electron chi connectivity index (χ1n) is 10.1. The highest BCUT2D eigenvalue weighted by molar-refractivity contribution is 5.89. The van der Waals surface area contributed by atoms with Gasteiger partial charge in [0.15, 0.2) is 5.90 Å². The van der Waals surface area contributed by atoms with Gasteiger partial charge >= 0.3 is 0 Å². The lowest BCUT2D eigenvalue weighted by Gasteiger charge is -2.46. The second kappa shape index (κ2) is 6.53. The Bertz CT molecular complexity index is 724. The molecule has 3 aliphatic rings. The van der Waals surface area contributed by atoms with Gasteiger partial charge < -0.3 is 4.74 Å². The molecule has 0 unspecified atom stereocenters. The van der Waals surface area contributed by atoms with Gasteiger partial charge in [-0.25, -0.2) is 4.99 Å². The predicted octanol–water partition coefficient (Wildman–Crippen LogP) is 5.09. The summed E-state index contributed by atoms with van der Waals surface area (Å²) in [7, 11) is 0. The number of piperidine rings is 1. The molecule has 1 fully saturated rings. The third-order valence-corrected chi connectivity index (χ3v) is 6.34. The monoisotopic (exact) mass is 352 g/mol. The molecule has 3 atom stereocenters. The number of fused-ring (bicyclic) bond motifs is 1. The molecule has 2 aliphatic heterocycles. The van der Waals surface area contributed by atoms with Gasteiger partial charge in [-0.05, 0) is 49.4 Å². The molecule has 3 heteroatoms. The van der Waals surface area contributed by atoms with Crippen LogP contribution in [0, 0.1) is 10.8 Å². The largest absolute Gasteiger partial charge is 0.478 e. The third kappa shape index (κ3) is 3.00. The van der Waals surface area contributed by atoms with Gasteiger partial charge in [0.25, 0.3) is 0 Å². The quantitative estimate of drug-likeness (QED) is 0.740. The van der Waals surface area contributed by atoms with Crippen LogP contribution in [0.5, 0.6) is 0 Å². The van der Waals surface area contributed by atoms with Crippen molar-refractivity contribution < 1.29 is 4.74 Å². The van der Waals surface area contributed by atoms with Crippen molar-refractivity contribution in [2.75, 3.05) is 19.7 Å². The fourth-order valence-corrected chi connectivity index (χ4v) is 4.64. The Labute approximate surface area is 158 Å². The van der Waals surface area contributed by atoms with Gasteiger partial charge in [0.1, 0.15) is 6.61 Å². The highest BCUT2D eigenvalue weighted by Gasteiger charge is 2.48. The molecule has 1 aromatic rings. The van der Waals surface area contributed by atoms with E-state index >= 15 is 0 Å². The molecular weight excluding hydrogens is 320 g/mol. The van der Waals surface area contributed by atoms with Crippen molar-refractivity contribution in [1.82, 2.24) is 4.90 Å². The van der Waals surface area contributed by atoms with Crippen LogP contribution in [0.3, 0.4) is 0 Å². The van der Waals surface area contributed by atoms with E-state index in [1.807, 2.05) is 0 Å². The van der Waals surface area contributed by atoms with Crippen LogP contribution >= 0.6 is 0 Å². The molecule has 3 nitrogen and oxygen atoms in total. The number of aliphatic imine (C=N–C) groups is 1. The third-order valence-electron chi connectivity index (χ3n) is 6.34.